The molecule has 0 fully saturated rings. The largest absolute Gasteiger partial charge is 0.327 e. The molecular weight excluding hydrogens is 281 g/mol. The van der Waals surface area contributed by atoms with Gasteiger partial charge in [-0.3, -0.25) is 0 Å². The SMILES string of the molecule is CCC(N)Cc1c(F)cccc1Sc1nnc(C)s1. The van der Waals surface area contributed by atoms with Crippen molar-refractivity contribution in [3.05, 3.63) is 34.6 Å². The average molecular weight is 297 g/mol. The summed E-state index contributed by atoms with van der Waals surface area (Å²) >= 11 is 2.96. The van der Waals surface area contributed by atoms with Crippen molar-refractivity contribution in [2.45, 2.75) is 42.0 Å². The first kappa shape index (κ1) is 14.4. The van der Waals surface area contributed by atoms with E-state index in [4.69, 9.17) is 5.73 Å². The Hall–Kier alpha value is -0.980. The lowest BCUT2D eigenvalue weighted by Crippen LogP contribution is -2.22. The van der Waals surface area contributed by atoms with Crippen molar-refractivity contribution < 1.29 is 4.39 Å². The number of hydrogen-bond donors (Lipinski definition) is 1. The molecule has 0 aliphatic heterocycles. The summed E-state index contributed by atoms with van der Waals surface area (Å²) in [5.41, 5.74) is 6.61. The van der Waals surface area contributed by atoms with Crippen molar-refractivity contribution in [2.75, 3.05) is 0 Å². The van der Waals surface area contributed by atoms with E-state index >= 15 is 0 Å². The van der Waals surface area contributed by atoms with Gasteiger partial charge in [0, 0.05) is 16.5 Å². The van der Waals surface area contributed by atoms with E-state index in [-0.39, 0.29) is 11.9 Å². The van der Waals surface area contributed by atoms with Crippen LogP contribution >= 0.6 is 23.1 Å². The van der Waals surface area contributed by atoms with Crippen LogP contribution in [0.15, 0.2) is 27.4 Å². The molecule has 0 saturated heterocycles. The topological polar surface area (TPSA) is 51.8 Å². The first-order valence-corrected chi connectivity index (χ1v) is 7.74. The summed E-state index contributed by atoms with van der Waals surface area (Å²) < 4.78 is 14.8. The lowest BCUT2D eigenvalue weighted by molar-refractivity contribution is 0.571. The fourth-order valence-electron chi connectivity index (χ4n) is 1.65. The van der Waals surface area contributed by atoms with Gasteiger partial charge in [-0.1, -0.05) is 36.1 Å². The van der Waals surface area contributed by atoms with Gasteiger partial charge in [0.25, 0.3) is 0 Å². The average Bonchev–Trinajstić information content (AvgIpc) is 2.79. The molecule has 1 aromatic carbocycles. The van der Waals surface area contributed by atoms with Gasteiger partial charge in [-0.25, -0.2) is 4.39 Å². The minimum absolute atomic E-state index is 0.0209. The van der Waals surface area contributed by atoms with Crippen LogP contribution in [0.25, 0.3) is 0 Å². The Morgan fingerprint density at radius 3 is 2.84 bits per heavy atom. The molecule has 0 saturated carbocycles. The summed E-state index contributed by atoms with van der Waals surface area (Å²) in [5, 5.41) is 8.94. The fraction of sp³-hybridized carbons (Fsp3) is 0.385. The maximum Gasteiger partial charge on any atom is 0.179 e. The Labute approximate surface area is 120 Å². The molecule has 19 heavy (non-hydrogen) atoms. The van der Waals surface area contributed by atoms with Crippen molar-refractivity contribution in [1.29, 1.82) is 0 Å². The van der Waals surface area contributed by atoms with Crippen molar-refractivity contribution >= 4 is 23.1 Å². The van der Waals surface area contributed by atoms with E-state index < -0.39 is 0 Å². The van der Waals surface area contributed by atoms with Gasteiger partial charge in [-0.15, -0.1) is 10.2 Å². The highest BCUT2D eigenvalue weighted by Gasteiger charge is 2.14. The third-order valence-electron chi connectivity index (χ3n) is 2.77. The van der Waals surface area contributed by atoms with Gasteiger partial charge in [0.2, 0.25) is 0 Å². The number of hydrogen-bond acceptors (Lipinski definition) is 5. The highest BCUT2D eigenvalue weighted by molar-refractivity contribution is 8.01. The first-order valence-electron chi connectivity index (χ1n) is 6.11. The molecule has 1 unspecified atom stereocenters. The van der Waals surface area contributed by atoms with Gasteiger partial charge >= 0.3 is 0 Å². The molecule has 0 radical (unpaired) electrons. The van der Waals surface area contributed by atoms with E-state index in [1.165, 1.54) is 29.2 Å². The van der Waals surface area contributed by atoms with Crippen LogP contribution in [-0.4, -0.2) is 16.2 Å². The van der Waals surface area contributed by atoms with E-state index in [9.17, 15) is 4.39 Å². The molecule has 3 nitrogen and oxygen atoms in total. The van der Waals surface area contributed by atoms with E-state index in [1.54, 1.807) is 6.07 Å². The number of halogens is 1. The lowest BCUT2D eigenvalue weighted by atomic mass is 10.0. The maximum atomic E-state index is 14.0. The van der Waals surface area contributed by atoms with Gasteiger partial charge in [0.15, 0.2) is 4.34 Å². The van der Waals surface area contributed by atoms with Crippen LogP contribution in [0.3, 0.4) is 0 Å². The van der Waals surface area contributed by atoms with Crippen LogP contribution < -0.4 is 5.73 Å². The molecule has 0 aliphatic carbocycles. The van der Waals surface area contributed by atoms with Gasteiger partial charge in [-0.05, 0) is 31.9 Å². The highest BCUT2D eigenvalue weighted by atomic mass is 32.2. The van der Waals surface area contributed by atoms with E-state index in [2.05, 4.69) is 10.2 Å². The second-order valence-corrected chi connectivity index (χ2v) is 6.75. The van der Waals surface area contributed by atoms with E-state index in [0.29, 0.717) is 12.0 Å². The molecule has 2 N–H and O–H groups in total. The molecular formula is C13H16FN3S2. The zero-order valence-electron chi connectivity index (χ0n) is 10.9. The van der Waals surface area contributed by atoms with Crippen molar-refractivity contribution in [2.24, 2.45) is 5.73 Å². The molecule has 0 bridgehead atoms. The van der Waals surface area contributed by atoms with Crippen LogP contribution in [-0.2, 0) is 6.42 Å². The number of rotatable bonds is 5. The number of benzene rings is 1. The summed E-state index contributed by atoms with van der Waals surface area (Å²) in [6.45, 7) is 3.91. The second kappa shape index (κ2) is 6.45. The third-order valence-corrected chi connectivity index (χ3v) is 4.76. The zero-order chi connectivity index (χ0) is 13.8. The Bertz CT molecular complexity index is 557. The van der Waals surface area contributed by atoms with E-state index in [1.807, 2.05) is 19.9 Å². The quantitative estimate of drug-likeness (QED) is 0.919. The summed E-state index contributed by atoms with van der Waals surface area (Å²) in [5.74, 6) is -0.199. The van der Waals surface area contributed by atoms with Crippen molar-refractivity contribution in [3.8, 4) is 0 Å². The van der Waals surface area contributed by atoms with Crippen LogP contribution in [0.1, 0.15) is 23.9 Å². The van der Waals surface area contributed by atoms with Crippen LogP contribution in [0.2, 0.25) is 0 Å². The minimum Gasteiger partial charge on any atom is -0.327 e. The lowest BCUT2D eigenvalue weighted by Gasteiger charge is -2.13. The number of aryl methyl sites for hydroxylation is 1. The van der Waals surface area contributed by atoms with Crippen LogP contribution in [0, 0.1) is 12.7 Å². The third kappa shape index (κ3) is 3.75. The maximum absolute atomic E-state index is 14.0. The molecule has 1 heterocycles. The molecule has 1 aromatic heterocycles. The predicted octanol–water partition coefficient (Wildman–Crippen LogP) is 3.42. The predicted molar refractivity (Wildman–Crippen MR) is 77.1 cm³/mol. The first-order chi connectivity index (χ1) is 9.10. The Morgan fingerprint density at radius 2 is 2.21 bits per heavy atom. The standard InChI is InChI=1S/C13H16FN3S2/c1-3-9(15)7-10-11(14)5-4-6-12(10)19-13-17-16-8(2)18-13/h4-6,9H,3,7,15H2,1-2H3. The molecule has 1 atom stereocenters. The fourth-order valence-corrected chi connectivity index (χ4v) is 3.59. The summed E-state index contributed by atoms with van der Waals surface area (Å²) in [4.78, 5) is 0.875. The summed E-state index contributed by atoms with van der Waals surface area (Å²) in [6.07, 6.45) is 1.37. The van der Waals surface area contributed by atoms with Gasteiger partial charge in [0.05, 0.1) is 0 Å². The molecule has 0 amide bonds. The molecule has 0 spiro atoms. The summed E-state index contributed by atoms with van der Waals surface area (Å²) in [7, 11) is 0. The normalized spacial score (nSPS) is 12.6. The Kier molecular flexibility index (Phi) is 4.90. The molecule has 2 aromatic rings. The molecule has 2 rings (SSSR count). The Morgan fingerprint density at radius 1 is 1.42 bits per heavy atom. The molecule has 0 aliphatic rings. The van der Waals surface area contributed by atoms with Gasteiger partial charge < -0.3 is 5.73 Å². The Balaban J connectivity index is 2.26. The smallest absolute Gasteiger partial charge is 0.179 e. The van der Waals surface area contributed by atoms with Gasteiger partial charge in [0.1, 0.15) is 10.8 Å². The molecule has 102 valence electrons. The second-order valence-electron chi connectivity index (χ2n) is 4.28. The highest BCUT2D eigenvalue weighted by Crippen LogP contribution is 2.33. The van der Waals surface area contributed by atoms with Crippen molar-refractivity contribution in [3.63, 3.8) is 0 Å². The molecule has 6 heteroatoms. The van der Waals surface area contributed by atoms with E-state index in [0.717, 1.165) is 20.7 Å². The number of nitrogens with two attached hydrogens (primary N) is 1. The van der Waals surface area contributed by atoms with Crippen LogP contribution in [0.5, 0.6) is 0 Å². The van der Waals surface area contributed by atoms with Crippen LogP contribution in [0.4, 0.5) is 4.39 Å². The number of aromatic nitrogens is 2. The minimum atomic E-state index is -0.199. The zero-order valence-corrected chi connectivity index (χ0v) is 12.5. The summed E-state index contributed by atoms with van der Waals surface area (Å²) in [6, 6.07) is 5.08. The number of nitrogens with zero attached hydrogens (tertiary/aromatic N) is 2. The van der Waals surface area contributed by atoms with Gasteiger partial charge in [-0.2, -0.15) is 0 Å². The van der Waals surface area contributed by atoms with Crippen molar-refractivity contribution in [1.82, 2.24) is 10.2 Å². The monoisotopic (exact) mass is 297 g/mol.